The number of halogens is 2. The maximum Gasteiger partial charge on any atom is 0.328 e. The van der Waals surface area contributed by atoms with Crippen molar-refractivity contribution in [3.8, 4) is 0 Å². The molecule has 0 spiro atoms. The quantitative estimate of drug-likeness (QED) is 0.870. The normalized spacial score (nSPS) is 12.1. The van der Waals surface area contributed by atoms with Crippen LogP contribution in [0.2, 0.25) is 10.0 Å². The lowest BCUT2D eigenvalue weighted by molar-refractivity contribution is -0.144. The molecule has 0 radical (unpaired) electrons. The van der Waals surface area contributed by atoms with Gasteiger partial charge in [-0.3, -0.25) is 4.79 Å². The van der Waals surface area contributed by atoms with E-state index in [1.807, 2.05) is 0 Å². The van der Waals surface area contributed by atoms with Crippen LogP contribution < -0.4 is 5.32 Å². The zero-order chi connectivity index (χ0) is 14.6. The number of benzene rings is 1. The number of carbonyl (C=O) groups excluding carboxylic acids is 2. The van der Waals surface area contributed by atoms with Crippen LogP contribution in [0.25, 0.3) is 0 Å². The topological polar surface area (TPSA) is 55.4 Å². The number of hydrogen-bond donors (Lipinski definition) is 1. The Morgan fingerprint density at radius 1 is 1.26 bits per heavy atom. The Bertz CT molecular complexity index is 489. The highest BCUT2D eigenvalue weighted by molar-refractivity contribution is 6.35. The van der Waals surface area contributed by atoms with E-state index in [2.05, 4.69) is 10.1 Å². The van der Waals surface area contributed by atoms with Crippen molar-refractivity contribution in [2.45, 2.75) is 19.9 Å². The number of esters is 1. The van der Waals surface area contributed by atoms with E-state index in [0.717, 1.165) is 0 Å². The van der Waals surface area contributed by atoms with Gasteiger partial charge >= 0.3 is 5.97 Å². The van der Waals surface area contributed by atoms with Crippen molar-refractivity contribution in [1.82, 2.24) is 5.32 Å². The van der Waals surface area contributed by atoms with E-state index in [1.54, 1.807) is 19.9 Å². The number of carbonyl (C=O) groups is 2. The third-order valence-electron chi connectivity index (χ3n) is 2.58. The van der Waals surface area contributed by atoms with Gasteiger partial charge in [-0.15, -0.1) is 0 Å². The fraction of sp³-hybridized carbons (Fsp3) is 0.385. The SMILES string of the molecule is COC(=O)C(NC(=O)c1cc(Cl)ccc1Cl)C(C)C. The van der Waals surface area contributed by atoms with Gasteiger partial charge < -0.3 is 10.1 Å². The summed E-state index contributed by atoms with van der Waals surface area (Å²) in [5.74, 6) is -1.06. The average Bonchev–Trinajstić information content (AvgIpc) is 2.37. The Morgan fingerprint density at radius 2 is 1.89 bits per heavy atom. The summed E-state index contributed by atoms with van der Waals surface area (Å²) < 4.78 is 4.65. The summed E-state index contributed by atoms with van der Waals surface area (Å²) in [7, 11) is 1.27. The van der Waals surface area contributed by atoms with Crippen LogP contribution in [0.1, 0.15) is 24.2 Å². The third kappa shape index (κ3) is 4.11. The van der Waals surface area contributed by atoms with Crippen LogP contribution in [-0.4, -0.2) is 25.0 Å². The van der Waals surface area contributed by atoms with E-state index >= 15 is 0 Å². The van der Waals surface area contributed by atoms with Gasteiger partial charge in [0, 0.05) is 5.02 Å². The summed E-state index contributed by atoms with van der Waals surface area (Å²) in [6.45, 7) is 3.61. The smallest absolute Gasteiger partial charge is 0.328 e. The van der Waals surface area contributed by atoms with Gasteiger partial charge in [-0.05, 0) is 24.1 Å². The van der Waals surface area contributed by atoms with E-state index < -0.39 is 17.9 Å². The Hall–Kier alpha value is -1.26. The number of hydrogen-bond acceptors (Lipinski definition) is 3. The van der Waals surface area contributed by atoms with Crippen LogP contribution in [0.15, 0.2) is 18.2 Å². The van der Waals surface area contributed by atoms with Crippen molar-refractivity contribution in [2.24, 2.45) is 5.92 Å². The molecular formula is C13H15Cl2NO3. The van der Waals surface area contributed by atoms with Crippen LogP contribution in [-0.2, 0) is 9.53 Å². The first-order valence-electron chi connectivity index (χ1n) is 5.70. The Morgan fingerprint density at radius 3 is 2.42 bits per heavy atom. The molecule has 4 nitrogen and oxygen atoms in total. The highest BCUT2D eigenvalue weighted by atomic mass is 35.5. The predicted octanol–water partition coefficient (Wildman–Crippen LogP) is 2.92. The molecule has 0 heterocycles. The minimum atomic E-state index is -0.729. The van der Waals surface area contributed by atoms with Gasteiger partial charge in [0.05, 0.1) is 17.7 Å². The van der Waals surface area contributed by atoms with Gasteiger partial charge in [-0.2, -0.15) is 0 Å². The molecule has 0 saturated carbocycles. The summed E-state index contributed by atoms with van der Waals surface area (Å²) in [4.78, 5) is 23.7. The van der Waals surface area contributed by atoms with E-state index in [0.29, 0.717) is 5.02 Å². The maximum absolute atomic E-state index is 12.1. The van der Waals surface area contributed by atoms with E-state index in [-0.39, 0.29) is 16.5 Å². The van der Waals surface area contributed by atoms with Crippen molar-refractivity contribution < 1.29 is 14.3 Å². The van der Waals surface area contributed by atoms with Crippen LogP contribution in [0.5, 0.6) is 0 Å². The number of ether oxygens (including phenoxy) is 1. The molecular weight excluding hydrogens is 289 g/mol. The molecule has 1 unspecified atom stereocenters. The van der Waals surface area contributed by atoms with Crippen molar-refractivity contribution in [3.05, 3.63) is 33.8 Å². The number of rotatable bonds is 4. The maximum atomic E-state index is 12.1. The van der Waals surface area contributed by atoms with E-state index in [1.165, 1.54) is 19.2 Å². The van der Waals surface area contributed by atoms with E-state index in [9.17, 15) is 9.59 Å². The summed E-state index contributed by atoms with van der Waals surface area (Å²) in [5, 5.41) is 3.26. The minimum absolute atomic E-state index is 0.102. The first kappa shape index (κ1) is 15.8. The molecule has 0 aliphatic heterocycles. The first-order valence-corrected chi connectivity index (χ1v) is 6.46. The molecule has 1 N–H and O–H groups in total. The lowest BCUT2D eigenvalue weighted by Gasteiger charge is -2.20. The molecule has 104 valence electrons. The molecule has 0 fully saturated rings. The number of amides is 1. The second kappa shape index (κ2) is 6.78. The van der Waals surface area contributed by atoms with Crippen LogP contribution >= 0.6 is 23.2 Å². The van der Waals surface area contributed by atoms with Gasteiger partial charge in [0.25, 0.3) is 5.91 Å². The number of nitrogens with one attached hydrogen (secondary N) is 1. The standard InChI is InChI=1S/C13H15Cl2NO3/c1-7(2)11(13(18)19-3)16-12(17)9-6-8(14)4-5-10(9)15/h4-7,11H,1-3H3,(H,16,17). The zero-order valence-electron chi connectivity index (χ0n) is 10.9. The Labute approximate surface area is 122 Å². The van der Waals surface area contributed by atoms with Gasteiger partial charge in [0.1, 0.15) is 6.04 Å². The largest absolute Gasteiger partial charge is 0.467 e. The lowest BCUT2D eigenvalue weighted by Crippen LogP contribution is -2.45. The molecule has 0 aliphatic carbocycles. The van der Waals surface area contributed by atoms with Crippen molar-refractivity contribution in [3.63, 3.8) is 0 Å². The second-order valence-electron chi connectivity index (χ2n) is 4.34. The molecule has 6 heteroatoms. The summed E-state index contributed by atoms with van der Waals surface area (Å²) in [6.07, 6.45) is 0. The lowest BCUT2D eigenvalue weighted by atomic mass is 10.0. The van der Waals surface area contributed by atoms with Gasteiger partial charge in [-0.25, -0.2) is 4.79 Å². The monoisotopic (exact) mass is 303 g/mol. The summed E-state index contributed by atoms with van der Waals surface area (Å²) >= 11 is 11.8. The summed E-state index contributed by atoms with van der Waals surface area (Å²) in [6, 6.07) is 3.84. The van der Waals surface area contributed by atoms with Crippen LogP contribution in [0.3, 0.4) is 0 Å². The molecule has 19 heavy (non-hydrogen) atoms. The minimum Gasteiger partial charge on any atom is -0.467 e. The highest BCUT2D eigenvalue weighted by Gasteiger charge is 2.26. The zero-order valence-corrected chi connectivity index (χ0v) is 12.4. The molecule has 1 atom stereocenters. The van der Waals surface area contributed by atoms with Crippen molar-refractivity contribution in [1.29, 1.82) is 0 Å². The molecule has 1 rings (SSSR count). The fourth-order valence-electron chi connectivity index (χ4n) is 1.52. The van der Waals surface area contributed by atoms with Gasteiger partial charge in [0.15, 0.2) is 0 Å². The van der Waals surface area contributed by atoms with Crippen LogP contribution in [0, 0.1) is 5.92 Å². The highest BCUT2D eigenvalue weighted by Crippen LogP contribution is 2.21. The van der Waals surface area contributed by atoms with E-state index in [4.69, 9.17) is 23.2 Å². The predicted molar refractivity (Wildman–Crippen MR) is 74.6 cm³/mol. The molecule has 0 bridgehead atoms. The molecule has 1 aromatic carbocycles. The number of methoxy groups -OCH3 is 1. The van der Waals surface area contributed by atoms with Crippen LogP contribution in [0.4, 0.5) is 0 Å². The first-order chi connectivity index (χ1) is 8.86. The molecule has 0 aliphatic rings. The summed E-state index contributed by atoms with van der Waals surface area (Å²) in [5.41, 5.74) is 0.226. The molecule has 1 aromatic rings. The molecule has 0 aromatic heterocycles. The fourth-order valence-corrected chi connectivity index (χ4v) is 1.89. The molecule has 1 amide bonds. The van der Waals surface area contributed by atoms with Crippen molar-refractivity contribution in [2.75, 3.05) is 7.11 Å². The third-order valence-corrected chi connectivity index (χ3v) is 3.15. The van der Waals surface area contributed by atoms with Crippen molar-refractivity contribution >= 4 is 35.1 Å². The Kier molecular flexibility index (Phi) is 5.63. The average molecular weight is 304 g/mol. The van der Waals surface area contributed by atoms with Gasteiger partial charge in [0.2, 0.25) is 0 Å². The Balaban J connectivity index is 2.94. The van der Waals surface area contributed by atoms with Gasteiger partial charge in [-0.1, -0.05) is 37.0 Å². The second-order valence-corrected chi connectivity index (χ2v) is 5.19. The molecule has 0 saturated heterocycles.